The number of nitrogens with zero attached hydrogens (tertiary/aromatic N) is 1. The quantitative estimate of drug-likeness (QED) is 0.392. The summed E-state index contributed by atoms with van der Waals surface area (Å²) in [6, 6.07) is 6.40. The van der Waals surface area contributed by atoms with Gasteiger partial charge in [-0.2, -0.15) is 0 Å². The van der Waals surface area contributed by atoms with Crippen molar-refractivity contribution in [1.29, 1.82) is 0 Å². The summed E-state index contributed by atoms with van der Waals surface area (Å²) >= 11 is 0. The van der Waals surface area contributed by atoms with E-state index in [1.807, 2.05) is 19.1 Å². The molecule has 0 bridgehead atoms. The topological polar surface area (TPSA) is 70.0 Å². The minimum atomic E-state index is -0.792. The average Bonchev–Trinajstić information content (AvgIpc) is 2.89. The van der Waals surface area contributed by atoms with Gasteiger partial charge in [0, 0.05) is 31.1 Å². The van der Waals surface area contributed by atoms with Crippen LogP contribution in [0.5, 0.6) is 0 Å². The second-order valence-electron chi connectivity index (χ2n) is 11.0. The number of esters is 1. The van der Waals surface area contributed by atoms with Crippen LogP contribution in [0, 0.1) is 11.3 Å². The predicted molar refractivity (Wildman–Crippen MR) is 151 cm³/mol. The van der Waals surface area contributed by atoms with E-state index in [9.17, 15) is 15.0 Å². The van der Waals surface area contributed by atoms with Crippen molar-refractivity contribution in [2.45, 2.75) is 72.8 Å². The number of rotatable bonds is 10. The van der Waals surface area contributed by atoms with E-state index in [2.05, 4.69) is 75.9 Å². The number of aliphatic hydroxyl groups excluding tert-OH is 2. The number of ether oxygens (including phenoxy) is 1. The van der Waals surface area contributed by atoms with E-state index >= 15 is 0 Å². The maximum absolute atomic E-state index is 12.1. The van der Waals surface area contributed by atoms with Gasteiger partial charge in [0.05, 0.1) is 25.2 Å². The van der Waals surface area contributed by atoms with Crippen LogP contribution in [0.4, 0.5) is 0 Å². The van der Waals surface area contributed by atoms with Crippen molar-refractivity contribution in [3.63, 3.8) is 0 Å². The van der Waals surface area contributed by atoms with Crippen molar-refractivity contribution < 1.29 is 19.7 Å². The molecule has 202 valence electrons. The molecule has 0 fully saturated rings. The Morgan fingerprint density at radius 2 is 1.86 bits per heavy atom. The Bertz CT molecular complexity index is 1070. The van der Waals surface area contributed by atoms with Gasteiger partial charge in [-0.05, 0) is 72.9 Å². The molecule has 2 aliphatic carbocycles. The van der Waals surface area contributed by atoms with Crippen LogP contribution in [0.2, 0.25) is 0 Å². The number of allylic oxidation sites excluding steroid dienone is 6. The molecule has 0 amide bonds. The third-order valence-electron chi connectivity index (χ3n) is 7.46. The zero-order valence-corrected chi connectivity index (χ0v) is 23.5. The molecule has 0 aromatic heterocycles. The first-order valence-corrected chi connectivity index (χ1v) is 13.8. The van der Waals surface area contributed by atoms with Gasteiger partial charge in [-0.25, -0.2) is 0 Å². The van der Waals surface area contributed by atoms with Gasteiger partial charge >= 0.3 is 5.97 Å². The molecule has 2 unspecified atom stereocenters. The summed E-state index contributed by atoms with van der Waals surface area (Å²) in [5.41, 5.74) is 7.22. The number of likely N-dealkylation sites (N-methyl/N-ethyl adjacent to an activating group) is 1. The largest absolute Gasteiger partial charge is 0.466 e. The molecule has 3 rings (SSSR count). The molecule has 0 heterocycles. The monoisotopic (exact) mass is 507 g/mol. The molecule has 5 heteroatoms. The number of hydrogen-bond acceptors (Lipinski definition) is 5. The third kappa shape index (κ3) is 7.03. The Morgan fingerprint density at radius 3 is 2.43 bits per heavy atom. The van der Waals surface area contributed by atoms with Crippen LogP contribution >= 0.6 is 0 Å². The number of benzene rings is 1. The lowest BCUT2D eigenvalue weighted by atomic mass is 9.74. The van der Waals surface area contributed by atoms with Crippen molar-refractivity contribution in [1.82, 2.24) is 4.90 Å². The van der Waals surface area contributed by atoms with Crippen molar-refractivity contribution in [3.05, 3.63) is 76.5 Å². The van der Waals surface area contributed by atoms with Gasteiger partial charge in [0.25, 0.3) is 0 Å². The molecule has 0 aliphatic heterocycles. The Kier molecular flexibility index (Phi) is 9.97. The summed E-state index contributed by atoms with van der Waals surface area (Å²) < 4.78 is 5.18. The molecule has 5 nitrogen and oxygen atoms in total. The zero-order chi connectivity index (χ0) is 27.2. The number of carbonyl (C=O) groups excluding carboxylic acids is 1. The van der Waals surface area contributed by atoms with Gasteiger partial charge in [-0.1, -0.05) is 63.3 Å². The van der Waals surface area contributed by atoms with Gasteiger partial charge in [0.15, 0.2) is 0 Å². The number of hydrogen-bond donors (Lipinski definition) is 2. The smallest absolute Gasteiger partial charge is 0.313 e. The van der Waals surface area contributed by atoms with Crippen molar-refractivity contribution in [2.24, 2.45) is 11.3 Å². The Balaban J connectivity index is 1.98. The van der Waals surface area contributed by atoms with Gasteiger partial charge in [-0.15, -0.1) is 0 Å². The Labute approximate surface area is 223 Å². The van der Waals surface area contributed by atoms with Gasteiger partial charge in [-0.3, -0.25) is 4.79 Å². The standard InChI is InChI=1S/C32H45NO4/c1-7-33(8-2)30-17-16-26(20-29(30)32(4,5)6)28-19-24(14-15-25(28)18-27(35)21-34)22-10-12-23(13-11-22)31(36)37-9-3/h10-12,14-17,19,23,26-27,34-35H,7-9,13,18,20-21H2,1-6H3/t23-,26?,27?/m1/s1. The Morgan fingerprint density at radius 1 is 1.14 bits per heavy atom. The predicted octanol–water partition coefficient (Wildman–Crippen LogP) is 5.79. The van der Waals surface area contributed by atoms with Crippen LogP contribution in [0.25, 0.3) is 5.57 Å². The summed E-state index contributed by atoms with van der Waals surface area (Å²) in [5.74, 6) is -0.239. The summed E-state index contributed by atoms with van der Waals surface area (Å²) in [6.07, 6.45) is 11.8. The van der Waals surface area contributed by atoms with Crippen LogP contribution in [0.15, 0.2) is 59.8 Å². The molecule has 0 spiro atoms. The van der Waals surface area contributed by atoms with Crippen molar-refractivity contribution in [2.75, 3.05) is 26.3 Å². The zero-order valence-electron chi connectivity index (χ0n) is 23.5. The van der Waals surface area contributed by atoms with E-state index in [0.29, 0.717) is 19.4 Å². The first kappa shape index (κ1) is 28.9. The molecule has 37 heavy (non-hydrogen) atoms. The lowest BCUT2D eigenvalue weighted by Crippen LogP contribution is -2.28. The maximum Gasteiger partial charge on any atom is 0.313 e. The molecule has 2 aliphatic rings. The molecule has 1 aromatic rings. The fraction of sp³-hybridized carbons (Fsp3) is 0.531. The van der Waals surface area contributed by atoms with E-state index in [1.54, 1.807) is 0 Å². The number of aliphatic hydroxyl groups is 2. The van der Waals surface area contributed by atoms with Crippen LogP contribution in [0.1, 0.15) is 77.0 Å². The number of carbonyl (C=O) groups is 1. The van der Waals surface area contributed by atoms with Crippen molar-refractivity contribution in [3.8, 4) is 0 Å². The normalized spacial score (nSPS) is 20.6. The summed E-state index contributed by atoms with van der Waals surface area (Å²) in [6.45, 7) is 15.1. The first-order valence-electron chi connectivity index (χ1n) is 13.8. The van der Waals surface area contributed by atoms with Gasteiger partial charge in [0.2, 0.25) is 0 Å². The summed E-state index contributed by atoms with van der Waals surface area (Å²) in [5, 5.41) is 19.8. The van der Waals surface area contributed by atoms with E-state index in [4.69, 9.17) is 4.74 Å². The molecular formula is C32H45NO4. The third-order valence-corrected chi connectivity index (χ3v) is 7.46. The van der Waals surface area contributed by atoms with Gasteiger partial charge in [0.1, 0.15) is 0 Å². The van der Waals surface area contributed by atoms with Crippen LogP contribution in [-0.2, 0) is 16.0 Å². The molecule has 2 N–H and O–H groups in total. The van der Waals surface area contributed by atoms with Crippen LogP contribution < -0.4 is 0 Å². The van der Waals surface area contributed by atoms with E-state index in [0.717, 1.165) is 36.2 Å². The Hall–Kier alpha value is -2.63. The molecular weight excluding hydrogens is 462 g/mol. The van der Waals surface area contributed by atoms with E-state index in [-0.39, 0.29) is 29.8 Å². The van der Waals surface area contributed by atoms with E-state index in [1.165, 1.54) is 16.8 Å². The fourth-order valence-electron chi connectivity index (χ4n) is 5.35. The fourth-order valence-corrected chi connectivity index (χ4v) is 5.35. The van der Waals surface area contributed by atoms with Crippen molar-refractivity contribution >= 4 is 11.5 Å². The maximum atomic E-state index is 12.1. The molecule has 3 atom stereocenters. The van der Waals surface area contributed by atoms with E-state index < -0.39 is 6.10 Å². The van der Waals surface area contributed by atoms with Crippen LogP contribution in [-0.4, -0.2) is 53.5 Å². The average molecular weight is 508 g/mol. The molecule has 0 radical (unpaired) electrons. The highest BCUT2D eigenvalue weighted by Gasteiger charge is 2.29. The first-order chi connectivity index (χ1) is 17.6. The molecule has 1 aromatic carbocycles. The van der Waals surface area contributed by atoms with Crippen LogP contribution in [0.3, 0.4) is 0 Å². The highest BCUT2D eigenvalue weighted by molar-refractivity contribution is 5.81. The second-order valence-corrected chi connectivity index (χ2v) is 11.0. The molecule has 0 saturated carbocycles. The molecule has 0 saturated heterocycles. The SMILES string of the molecule is CCOC(=O)[C@@H]1C=CC(c2ccc(CC(O)CO)c(C3C=CC(N(CC)CC)=C(C(C)(C)C)C3)c2)=CC1. The lowest BCUT2D eigenvalue weighted by Gasteiger charge is -2.37. The highest BCUT2D eigenvalue weighted by atomic mass is 16.5. The van der Waals surface area contributed by atoms with Gasteiger partial charge < -0.3 is 19.8 Å². The summed E-state index contributed by atoms with van der Waals surface area (Å²) in [4.78, 5) is 14.6. The highest BCUT2D eigenvalue weighted by Crippen LogP contribution is 2.43. The summed E-state index contributed by atoms with van der Waals surface area (Å²) in [7, 11) is 0. The second kappa shape index (κ2) is 12.7. The minimum Gasteiger partial charge on any atom is -0.466 e. The lowest BCUT2D eigenvalue weighted by molar-refractivity contribution is -0.146. The minimum absolute atomic E-state index is 0.0278.